The van der Waals surface area contributed by atoms with E-state index < -0.39 is 0 Å². The van der Waals surface area contributed by atoms with Crippen LogP contribution in [0.25, 0.3) is 0 Å². The van der Waals surface area contributed by atoms with Crippen LogP contribution < -0.4 is 0 Å². The highest BCUT2D eigenvalue weighted by molar-refractivity contribution is 6.86. The monoisotopic (exact) mass is 179 g/mol. The summed E-state index contributed by atoms with van der Waals surface area (Å²) >= 11 is 5.58. The molecule has 1 heterocycles. The molecule has 0 aromatic heterocycles. The van der Waals surface area contributed by atoms with Gasteiger partial charge in [-0.05, 0) is 19.1 Å². The second kappa shape index (κ2) is 2.42. The first-order valence-electron chi connectivity index (χ1n) is 3.58. The molecule has 1 aromatic carbocycles. The molecule has 0 fully saturated rings. The lowest BCUT2D eigenvalue weighted by Gasteiger charge is -1.95. The molecule has 0 saturated carbocycles. The van der Waals surface area contributed by atoms with Gasteiger partial charge in [0.25, 0.3) is 0 Å². The van der Waals surface area contributed by atoms with Crippen LogP contribution in [0.4, 0.5) is 5.69 Å². The zero-order valence-electron chi connectivity index (χ0n) is 6.47. The molecule has 2 nitrogen and oxygen atoms in total. The molecular weight excluding hydrogens is 174 g/mol. The number of benzene rings is 1. The number of Topliss-reactive ketones (excluding diaryl/α,β-unsaturated/α-hetero) is 1. The maximum atomic E-state index is 11.3. The lowest BCUT2D eigenvalue weighted by molar-refractivity contribution is 0.107. The maximum Gasteiger partial charge on any atom is 0.225 e. The summed E-state index contributed by atoms with van der Waals surface area (Å²) in [5.41, 5.74) is 2.33. The molecule has 1 aliphatic rings. The molecule has 2 rings (SSSR count). The average molecular weight is 180 g/mol. The first-order chi connectivity index (χ1) is 5.68. The Morgan fingerprint density at radius 3 is 2.92 bits per heavy atom. The van der Waals surface area contributed by atoms with E-state index in [1.54, 1.807) is 12.1 Å². The Hall–Kier alpha value is -1.15. The summed E-state index contributed by atoms with van der Waals surface area (Å²) in [6.45, 7) is 1.93. The van der Waals surface area contributed by atoms with Crippen molar-refractivity contribution < 1.29 is 4.79 Å². The molecule has 0 radical (unpaired) electrons. The Kier molecular flexibility index (Phi) is 1.51. The van der Waals surface area contributed by atoms with Gasteiger partial charge in [0.1, 0.15) is 0 Å². The number of hydrogen-bond donors (Lipinski definition) is 0. The molecule has 0 spiro atoms. The normalized spacial score (nSPS) is 14.5. The van der Waals surface area contributed by atoms with Crippen molar-refractivity contribution in [2.75, 3.05) is 0 Å². The first kappa shape index (κ1) is 7.50. The van der Waals surface area contributed by atoms with Gasteiger partial charge < -0.3 is 0 Å². The highest BCUT2D eigenvalue weighted by atomic mass is 35.5. The number of ketones is 1. The Morgan fingerprint density at radius 2 is 2.17 bits per heavy atom. The van der Waals surface area contributed by atoms with Crippen LogP contribution in [0.3, 0.4) is 0 Å². The highest BCUT2D eigenvalue weighted by Gasteiger charge is 2.22. The van der Waals surface area contributed by atoms with Crippen molar-refractivity contribution in [3.8, 4) is 0 Å². The van der Waals surface area contributed by atoms with Gasteiger partial charge in [-0.15, -0.1) is 0 Å². The third-order valence-electron chi connectivity index (χ3n) is 1.80. The summed E-state index contributed by atoms with van der Waals surface area (Å²) in [5.74, 6) is -0.171. The quantitative estimate of drug-likeness (QED) is 0.602. The topological polar surface area (TPSA) is 29.4 Å². The Labute approximate surface area is 74.9 Å². The second-order valence-electron chi connectivity index (χ2n) is 2.75. The van der Waals surface area contributed by atoms with Crippen molar-refractivity contribution >= 4 is 28.2 Å². The van der Waals surface area contributed by atoms with Gasteiger partial charge in [0.2, 0.25) is 5.78 Å². The average Bonchev–Trinajstić information content (AvgIpc) is 2.31. The van der Waals surface area contributed by atoms with E-state index in [0.717, 1.165) is 5.56 Å². The van der Waals surface area contributed by atoms with E-state index in [1.807, 2.05) is 13.0 Å². The van der Waals surface area contributed by atoms with E-state index in [4.69, 9.17) is 11.6 Å². The van der Waals surface area contributed by atoms with Crippen LogP contribution in [-0.4, -0.2) is 11.0 Å². The van der Waals surface area contributed by atoms with Gasteiger partial charge in [-0.3, -0.25) is 4.79 Å². The molecule has 0 saturated heterocycles. The van der Waals surface area contributed by atoms with Crippen molar-refractivity contribution in [2.45, 2.75) is 6.92 Å². The smallest absolute Gasteiger partial charge is 0.225 e. The number of aliphatic imine (C=N–C) groups is 1. The zero-order valence-corrected chi connectivity index (χ0v) is 7.22. The van der Waals surface area contributed by atoms with Crippen molar-refractivity contribution in [3.63, 3.8) is 0 Å². The van der Waals surface area contributed by atoms with Crippen molar-refractivity contribution in [2.24, 2.45) is 4.99 Å². The zero-order chi connectivity index (χ0) is 8.72. The molecule has 0 atom stereocenters. The molecule has 60 valence electrons. The lowest BCUT2D eigenvalue weighted by Crippen LogP contribution is -2.01. The van der Waals surface area contributed by atoms with Crippen LogP contribution in [-0.2, 0) is 0 Å². The number of rotatable bonds is 0. The molecule has 1 aromatic rings. The van der Waals surface area contributed by atoms with Crippen LogP contribution in [0.2, 0.25) is 0 Å². The van der Waals surface area contributed by atoms with Crippen molar-refractivity contribution in [3.05, 3.63) is 29.3 Å². The van der Waals surface area contributed by atoms with Crippen molar-refractivity contribution in [1.82, 2.24) is 0 Å². The fraction of sp³-hybridized carbons (Fsp3) is 0.111. The van der Waals surface area contributed by atoms with Crippen LogP contribution >= 0.6 is 11.6 Å². The molecular formula is C9H6ClNO. The highest BCUT2D eigenvalue weighted by Crippen LogP contribution is 2.28. The van der Waals surface area contributed by atoms with E-state index in [2.05, 4.69) is 4.99 Å². The summed E-state index contributed by atoms with van der Waals surface area (Å²) in [7, 11) is 0. The number of nitrogens with zero attached hydrogens (tertiary/aromatic N) is 1. The molecule has 12 heavy (non-hydrogen) atoms. The molecule has 1 aliphatic heterocycles. The van der Waals surface area contributed by atoms with E-state index >= 15 is 0 Å². The third-order valence-corrected chi connectivity index (χ3v) is 2.06. The molecule has 0 unspecified atom stereocenters. The largest absolute Gasteiger partial charge is 0.286 e. The van der Waals surface area contributed by atoms with Gasteiger partial charge in [-0.2, -0.15) is 0 Å². The van der Waals surface area contributed by atoms with E-state index in [9.17, 15) is 4.79 Å². The van der Waals surface area contributed by atoms with Gasteiger partial charge in [0.15, 0.2) is 5.17 Å². The minimum atomic E-state index is -0.171. The summed E-state index contributed by atoms with van der Waals surface area (Å²) < 4.78 is 0. The summed E-state index contributed by atoms with van der Waals surface area (Å²) in [6.07, 6.45) is 0. The Bertz CT molecular complexity index is 396. The minimum Gasteiger partial charge on any atom is -0.286 e. The minimum absolute atomic E-state index is 0.0654. The van der Waals surface area contributed by atoms with E-state index in [-0.39, 0.29) is 11.0 Å². The van der Waals surface area contributed by atoms with Crippen LogP contribution in [0.15, 0.2) is 23.2 Å². The number of aryl methyl sites for hydroxylation is 1. The van der Waals surface area contributed by atoms with Crippen LogP contribution in [0.5, 0.6) is 0 Å². The fourth-order valence-corrected chi connectivity index (χ4v) is 1.39. The van der Waals surface area contributed by atoms with Gasteiger partial charge >= 0.3 is 0 Å². The van der Waals surface area contributed by atoms with Crippen LogP contribution in [0, 0.1) is 6.92 Å². The number of hydrogen-bond acceptors (Lipinski definition) is 2. The first-order valence-corrected chi connectivity index (χ1v) is 3.96. The van der Waals surface area contributed by atoms with Gasteiger partial charge in [-0.25, -0.2) is 4.99 Å². The predicted octanol–water partition coefficient (Wildman–Crippen LogP) is 2.46. The Balaban J connectivity index is 2.65. The SMILES string of the molecule is Cc1ccc2c(c1)C(=O)C(Cl)=N2. The van der Waals surface area contributed by atoms with Gasteiger partial charge in [0.05, 0.1) is 11.3 Å². The second-order valence-corrected chi connectivity index (χ2v) is 3.11. The summed E-state index contributed by atoms with van der Waals surface area (Å²) in [4.78, 5) is 15.2. The standard InChI is InChI=1S/C9H6ClNO/c1-5-2-3-7-6(4-5)8(12)9(10)11-7/h2-4H,1H3. The molecule has 3 heteroatoms. The molecule has 0 aliphatic carbocycles. The molecule has 0 bridgehead atoms. The molecule has 0 N–H and O–H groups in total. The van der Waals surface area contributed by atoms with Crippen molar-refractivity contribution in [1.29, 1.82) is 0 Å². The fourth-order valence-electron chi connectivity index (χ4n) is 1.20. The van der Waals surface area contributed by atoms with Gasteiger partial charge in [-0.1, -0.05) is 23.2 Å². The number of carbonyl (C=O) groups excluding carboxylic acids is 1. The Morgan fingerprint density at radius 1 is 1.42 bits per heavy atom. The number of fused-ring (bicyclic) bond motifs is 1. The summed E-state index contributed by atoms with van der Waals surface area (Å²) in [5, 5.41) is 0.0654. The number of halogens is 1. The van der Waals surface area contributed by atoms with Crippen LogP contribution in [0.1, 0.15) is 15.9 Å². The number of carbonyl (C=O) groups is 1. The predicted molar refractivity (Wildman–Crippen MR) is 48.5 cm³/mol. The lowest BCUT2D eigenvalue weighted by atomic mass is 10.1. The van der Waals surface area contributed by atoms with E-state index in [1.165, 1.54) is 0 Å². The molecule has 0 amide bonds. The third kappa shape index (κ3) is 0.959. The van der Waals surface area contributed by atoms with E-state index in [0.29, 0.717) is 11.3 Å². The summed E-state index contributed by atoms with van der Waals surface area (Å²) in [6, 6.07) is 5.51. The maximum absolute atomic E-state index is 11.3. The van der Waals surface area contributed by atoms with Gasteiger partial charge in [0, 0.05) is 0 Å².